The summed E-state index contributed by atoms with van der Waals surface area (Å²) in [7, 11) is 3.64. The summed E-state index contributed by atoms with van der Waals surface area (Å²) in [6.45, 7) is 3.68. The summed E-state index contributed by atoms with van der Waals surface area (Å²) in [5.41, 5.74) is 2.73. The lowest BCUT2D eigenvalue weighted by Crippen LogP contribution is -2.44. The van der Waals surface area contributed by atoms with E-state index < -0.39 is 17.4 Å². The van der Waals surface area contributed by atoms with Crippen LogP contribution < -0.4 is 0 Å². The van der Waals surface area contributed by atoms with E-state index in [2.05, 4.69) is 36.3 Å². The lowest BCUT2D eigenvalue weighted by atomic mass is 9.76. The largest absolute Gasteiger partial charge is 0.360 e. The number of nitrogens with zero attached hydrogens (tertiary/aromatic N) is 4. The minimum Gasteiger partial charge on any atom is -0.360 e. The van der Waals surface area contributed by atoms with Crippen LogP contribution >= 0.6 is 0 Å². The third-order valence-corrected chi connectivity index (χ3v) is 6.81. The number of aromatic nitrogens is 2. The van der Waals surface area contributed by atoms with Gasteiger partial charge in [0.2, 0.25) is 11.8 Å². The minimum atomic E-state index is -0.662. The highest BCUT2D eigenvalue weighted by atomic mass is 16.5. The lowest BCUT2D eigenvalue weighted by molar-refractivity contribution is -0.142. The number of fused-ring (bicyclic) bond motifs is 1. The van der Waals surface area contributed by atoms with Crippen molar-refractivity contribution in [3.8, 4) is 0 Å². The highest BCUT2D eigenvalue weighted by Crippen LogP contribution is 2.52. The van der Waals surface area contributed by atoms with E-state index in [-0.39, 0.29) is 17.9 Å². The average molecular weight is 421 g/mol. The first-order chi connectivity index (χ1) is 14.9. The number of benzene rings is 1. The number of hydrogen-bond acceptors (Lipinski definition) is 4. The minimum absolute atomic E-state index is 0.0343. The molecule has 1 aromatic heterocycles. The van der Waals surface area contributed by atoms with Crippen molar-refractivity contribution in [1.82, 2.24) is 19.6 Å². The number of ether oxygens (including phenoxy) is 1. The zero-order chi connectivity index (χ0) is 21.8. The van der Waals surface area contributed by atoms with E-state index in [1.54, 1.807) is 22.8 Å². The summed E-state index contributed by atoms with van der Waals surface area (Å²) in [6, 6.07) is 8.40. The number of amides is 2. The van der Waals surface area contributed by atoms with Gasteiger partial charge in [0.1, 0.15) is 5.60 Å². The molecule has 3 aliphatic rings. The zero-order valence-electron chi connectivity index (χ0n) is 18.2. The van der Waals surface area contributed by atoms with Gasteiger partial charge >= 0.3 is 0 Å². The zero-order valence-corrected chi connectivity index (χ0v) is 18.2. The molecule has 4 heterocycles. The van der Waals surface area contributed by atoms with Crippen LogP contribution in [-0.4, -0.2) is 63.2 Å². The Bertz CT molecular complexity index is 1040. The second kappa shape index (κ2) is 7.34. The molecule has 0 unspecified atom stereocenters. The van der Waals surface area contributed by atoms with Crippen LogP contribution in [-0.2, 0) is 34.3 Å². The van der Waals surface area contributed by atoms with Crippen molar-refractivity contribution in [2.75, 3.05) is 20.1 Å². The number of likely N-dealkylation sites (tertiary alicyclic amines) is 1. The molecular formula is C24H28N4O3. The van der Waals surface area contributed by atoms with Gasteiger partial charge in [0.25, 0.3) is 0 Å². The number of hydrogen-bond donors (Lipinski definition) is 0. The fourth-order valence-electron chi connectivity index (χ4n) is 5.23. The van der Waals surface area contributed by atoms with Crippen LogP contribution in [0.2, 0.25) is 0 Å². The maximum absolute atomic E-state index is 13.4. The van der Waals surface area contributed by atoms with Crippen molar-refractivity contribution >= 4 is 11.8 Å². The lowest BCUT2D eigenvalue weighted by Gasteiger charge is -2.27. The average Bonchev–Trinajstić information content (AvgIpc) is 3.49. The molecule has 7 heteroatoms. The van der Waals surface area contributed by atoms with Gasteiger partial charge in [0, 0.05) is 38.9 Å². The van der Waals surface area contributed by atoms with E-state index in [9.17, 15) is 9.59 Å². The molecule has 31 heavy (non-hydrogen) atoms. The molecule has 5 rings (SSSR count). The van der Waals surface area contributed by atoms with Crippen LogP contribution in [0.1, 0.15) is 16.7 Å². The Labute approximate surface area is 182 Å². The molecule has 7 nitrogen and oxygen atoms in total. The summed E-state index contributed by atoms with van der Waals surface area (Å²) in [4.78, 5) is 30.3. The topological polar surface area (TPSA) is 67.7 Å². The van der Waals surface area contributed by atoms with Crippen LogP contribution in [0.5, 0.6) is 0 Å². The number of carbonyl (C=O) groups excluding carboxylic acids is 2. The molecule has 2 saturated heterocycles. The molecule has 2 bridgehead atoms. The molecular weight excluding hydrogens is 392 g/mol. The van der Waals surface area contributed by atoms with Gasteiger partial charge in [-0.15, -0.1) is 0 Å². The normalized spacial score (nSPS) is 28.4. The third kappa shape index (κ3) is 3.37. The second-order valence-electron chi connectivity index (χ2n) is 9.11. The van der Waals surface area contributed by atoms with Crippen LogP contribution in [0.25, 0.3) is 0 Å². The molecule has 2 fully saturated rings. The summed E-state index contributed by atoms with van der Waals surface area (Å²) < 4.78 is 7.97. The van der Waals surface area contributed by atoms with E-state index in [0.29, 0.717) is 19.6 Å². The number of rotatable bonds is 6. The SMILES string of the molecule is Cc1ccc(CCN2C[C@]34C=C[C@H](O3)[C@@H](C(=O)N(C)Cc3cnn(C)c3)[C@@H]4C2=O)cc1. The van der Waals surface area contributed by atoms with Crippen LogP contribution in [0.3, 0.4) is 0 Å². The monoisotopic (exact) mass is 420 g/mol. The smallest absolute Gasteiger partial charge is 0.230 e. The quantitative estimate of drug-likeness (QED) is 0.668. The Morgan fingerprint density at radius 3 is 2.77 bits per heavy atom. The Hall–Kier alpha value is -2.93. The van der Waals surface area contributed by atoms with Crippen molar-refractivity contribution < 1.29 is 14.3 Å². The van der Waals surface area contributed by atoms with Gasteiger partial charge in [-0.2, -0.15) is 5.10 Å². The molecule has 4 atom stereocenters. The Morgan fingerprint density at radius 2 is 2.06 bits per heavy atom. The van der Waals surface area contributed by atoms with Crippen LogP contribution in [0.4, 0.5) is 0 Å². The Morgan fingerprint density at radius 1 is 1.29 bits per heavy atom. The summed E-state index contributed by atoms with van der Waals surface area (Å²) in [5, 5.41) is 4.17. The van der Waals surface area contributed by atoms with Gasteiger partial charge in [-0.3, -0.25) is 14.3 Å². The summed E-state index contributed by atoms with van der Waals surface area (Å²) in [5.74, 6) is -0.918. The molecule has 0 radical (unpaired) electrons. The van der Waals surface area contributed by atoms with Gasteiger partial charge in [-0.25, -0.2) is 0 Å². The predicted octanol–water partition coefficient (Wildman–Crippen LogP) is 1.71. The highest BCUT2D eigenvalue weighted by Gasteiger charge is 2.66. The molecule has 1 spiro atoms. The standard InChI is InChI=1S/C24H28N4O3/c1-16-4-6-17(7-5-16)9-11-28-15-24-10-8-19(31-24)20(21(24)23(28)30)22(29)26(2)13-18-12-25-27(3)14-18/h4-8,10,12,14,19-21H,9,11,13,15H2,1-3H3/t19-,20+,21+,24-/m0/s1. The second-order valence-corrected chi connectivity index (χ2v) is 9.11. The highest BCUT2D eigenvalue weighted by molar-refractivity contribution is 5.93. The third-order valence-electron chi connectivity index (χ3n) is 6.81. The molecule has 2 amide bonds. The molecule has 1 aromatic carbocycles. The fourth-order valence-corrected chi connectivity index (χ4v) is 5.23. The fraction of sp³-hybridized carbons (Fsp3) is 0.458. The van der Waals surface area contributed by atoms with Crippen LogP contribution in [0, 0.1) is 18.8 Å². The molecule has 0 aliphatic carbocycles. The van der Waals surface area contributed by atoms with E-state index in [1.807, 2.05) is 30.3 Å². The van der Waals surface area contributed by atoms with E-state index >= 15 is 0 Å². The van der Waals surface area contributed by atoms with E-state index in [4.69, 9.17) is 4.74 Å². The molecule has 0 saturated carbocycles. The van der Waals surface area contributed by atoms with E-state index in [1.165, 1.54) is 11.1 Å². The first-order valence-corrected chi connectivity index (χ1v) is 10.8. The maximum Gasteiger partial charge on any atom is 0.230 e. The maximum atomic E-state index is 13.4. The van der Waals surface area contributed by atoms with Gasteiger partial charge in [-0.1, -0.05) is 42.0 Å². The number of carbonyl (C=O) groups is 2. The van der Waals surface area contributed by atoms with E-state index in [0.717, 1.165) is 12.0 Å². The van der Waals surface area contributed by atoms with Crippen LogP contribution in [0.15, 0.2) is 48.8 Å². The molecule has 2 aromatic rings. The predicted molar refractivity (Wildman–Crippen MR) is 115 cm³/mol. The van der Waals surface area contributed by atoms with Gasteiger partial charge in [-0.05, 0) is 18.9 Å². The van der Waals surface area contributed by atoms with Crippen molar-refractivity contribution in [3.63, 3.8) is 0 Å². The first-order valence-electron chi connectivity index (χ1n) is 10.8. The number of aryl methyl sites for hydroxylation is 2. The van der Waals surface area contributed by atoms with Gasteiger partial charge in [0.15, 0.2) is 0 Å². The van der Waals surface area contributed by atoms with Crippen molar-refractivity contribution in [2.45, 2.75) is 31.6 Å². The molecule has 162 valence electrons. The van der Waals surface area contributed by atoms with Crippen molar-refractivity contribution in [2.24, 2.45) is 18.9 Å². The van der Waals surface area contributed by atoms with Gasteiger partial charge < -0.3 is 14.5 Å². The first kappa shape index (κ1) is 20.0. The van der Waals surface area contributed by atoms with Crippen molar-refractivity contribution in [1.29, 1.82) is 0 Å². The van der Waals surface area contributed by atoms with Crippen molar-refractivity contribution in [3.05, 3.63) is 65.5 Å². The Kier molecular flexibility index (Phi) is 4.73. The summed E-state index contributed by atoms with van der Waals surface area (Å²) in [6.07, 6.45) is 8.11. The molecule has 3 aliphatic heterocycles. The Balaban J connectivity index is 1.30. The summed E-state index contributed by atoms with van der Waals surface area (Å²) >= 11 is 0. The molecule has 0 N–H and O–H groups in total. The van der Waals surface area contributed by atoms with Gasteiger partial charge in [0.05, 0.1) is 30.7 Å².